The van der Waals surface area contributed by atoms with E-state index in [2.05, 4.69) is 26.1 Å². The highest BCUT2D eigenvalue weighted by Crippen LogP contribution is 2.32. The molecular weight excluding hydrogens is 228 g/mol. The molecule has 1 unspecified atom stereocenters. The minimum absolute atomic E-state index is 0.0234. The summed E-state index contributed by atoms with van der Waals surface area (Å²) in [6.45, 7) is 7.64. The van der Waals surface area contributed by atoms with Crippen LogP contribution in [0, 0.1) is 11.3 Å². The standard InChI is InChI=1S/C14H24N2O2/c1-14(2,3)7-12(17)15-8-10-6-13(18)16(9-10)11-4-5-11/h10-11H,4-9H2,1-3H3,(H,15,17). The van der Waals surface area contributed by atoms with Crippen LogP contribution < -0.4 is 5.32 Å². The van der Waals surface area contributed by atoms with Gasteiger partial charge in [-0.1, -0.05) is 20.8 Å². The highest BCUT2D eigenvalue weighted by Gasteiger charge is 2.39. The average molecular weight is 252 g/mol. The highest BCUT2D eigenvalue weighted by atomic mass is 16.2. The van der Waals surface area contributed by atoms with Crippen LogP contribution in [0.25, 0.3) is 0 Å². The van der Waals surface area contributed by atoms with Gasteiger partial charge >= 0.3 is 0 Å². The zero-order valence-corrected chi connectivity index (χ0v) is 11.7. The van der Waals surface area contributed by atoms with Gasteiger partial charge in [0.15, 0.2) is 0 Å². The summed E-state index contributed by atoms with van der Waals surface area (Å²) >= 11 is 0. The van der Waals surface area contributed by atoms with Gasteiger partial charge in [-0.05, 0) is 18.3 Å². The molecule has 1 N–H and O–H groups in total. The second kappa shape index (κ2) is 4.90. The summed E-state index contributed by atoms with van der Waals surface area (Å²) in [4.78, 5) is 25.5. The number of nitrogens with one attached hydrogen (secondary N) is 1. The maximum atomic E-state index is 11.8. The van der Waals surface area contributed by atoms with Crippen molar-refractivity contribution in [2.45, 2.75) is 52.5 Å². The summed E-state index contributed by atoms with van der Waals surface area (Å²) in [5.41, 5.74) is 0.0234. The second-order valence-electron chi connectivity index (χ2n) is 6.89. The molecule has 18 heavy (non-hydrogen) atoms. The van der Waals surface area contributed by atoms with Crippen LogP contribution in [0.5, 0.6) is 0 Å². The number of nitrogens with zero attached hydrogens (tertiary/aromatic N) is 1. The monoisotopic (exact) mass is 252 g/mol. The van der Waals surface area contributed by atoms with Crippen molar-refractivity contribution in [3.05, 3.63) is 0 Å². The Hall–Kier alpha value is -1.06. The van der Waals surface area contributed by atoms with Crippen LogP contribution in [0.4, 0.5) is 0 Å². The minimum Gasteiger partial charge on any atom is -0.356 e. The van der Waals surface area contributed by atoms with E-state index in [-0.39, 0.29) is 17.2 Å². The molecule has 4 heteroatoms. The van der Waals surface area contributed by atoms with Crippen LogP contribution in [0.3, 0.4) is 0 Å². The Kier molecular flexibility index (Phi) is 3.64. The third-order valence-corrected chi connectivity index (χ3v) is 3.50. The molecular formula is C14H24N2O2. The van der Waals surface area contributed by atoms with E-state index < -0.39 is 0 Å². The lowest BCUT2D eigenvalue weighted by Crippen LogP contribution is -2.33. The molecule has 2 aliphatic rings. The fraction of sp³-hybridized carbons (Fsp3) is 0.857. The van der Waals surface area contributed by atoms with E-state index >= 15 is 0 Å². The molecule has 1 saturated heterocycles. The number of carbonyl (C=O) groups excluding carboxylic acids is 2. The van der Waals surface area contributed by atoms with E-state index in [0.717, 1.165) is 19.4 Å². The summed E-state index contributed by atoms with van der Waals surface area (Å²) < 4.78 is 0. The Labute approximate surface area is 109 Å². The quantitative estimate of drug-likeness (QED) is 0.825. The second-order valence-corrected chi connectivity index (χ2v) is 6.89. The van der Waals surface area contributed by atoms with E-state index in [9.17, 15) is 9.59 Å². The number of carbonyl (C=O) groups is 2. The number of amides is 2. The lowest BCUT2D eigenvalue weighted by atomic mass is 9.92. The summed E-state index contributed by atoms with van der Waals surface area (Å²) in [5, 5.41) is 2.96. The van der Waals surface area contributed by atoms with Crippen LogP contribution in [0.15, 0.2) is 0 Å². The van der Waals surface area contributed by atoms with Crippen molar-refractivity contribution < 1.29 is 9.59 Å². The summed E-state index contributed by atoms with van der Waals surface area (Å²) in [5.74, 6) is 0.675. The van der Waals surface area contributed by atoms with E-state index in [4.69, 9.17) is 0 Å². The Morgan fingerprint density at radius 1 is 1.39 bits per heavy atom. The zero-order chi connectivity index (χ0) is 13.3. The first-order chi connectivity index (χ1) is 8.35. The van der Waals surface area contributed by atoms with Gasteiger partial charge in [0, 0.05) is 37.9 Å². The third-order valence-electron chi connectivity index (χ3n) is 3.50. The first-order valence-electron chi connectivity index (χ1n) is 6.91. The normalized spacial score (nSPS) is 24.5. The zero-order valence-electron chi connectivity index (χ0n) is 11.7. The molecule has 0 aromatic heterocycles. The van der Waals surface area contributed by atoms with Crippen molar-refractivity contribution in [1.82, 2.24) is 10.2 Å². The van der Waals surface area contributed by atoms with E-state index in [1.807, 2.05) is 4.90 Å². The highest BCUT2D eigenvalue weighted by molar-refractivity contribution is 5.80. The summed E-state index contributed by atoms with van der Waals surface area (Å²) in [7, 11) is 0. The minimum atomic E-state index is 0.0234. The van der Waals surface area contributed by atoms with Crippen molar-refractivity contribution in [3.8, 4) is 0 Å². The van der Waals surface area contributed by atoms with Gasteiger partial charge in [0.2, 0.25) is 11.8 Å². The molecule has 0 aromatic rings. The van der Waals surface area contributed by atoms with Gasteiger partial charge in [0.1, 0.15) is 0 Å². The molecule has 2 fully saturated rings. The van der Waals surface area contributed by atoms with Crippen molar-refractivity contribution in [2.24, 2.45) is 11.3 Å². The van der Waals surface area contributed by atoms with Gasteiger partial charge in [0.05, 0.1) is 0 Å². The number of hydrogen-bond donors (Lipinski definition) is 1. The third kappa shape index (κ3) is 3.72. The Morgan fingerprint density at radius 2 is 2.06 bits per heavy atom. The fourth-order valence-corrected chi connectivity index (χ4v) is 2.49. The van der Waals surface area contributed by atoms with Crippen LogP contribution in [-0.2, 0) is 9.59 Å². The smallest absolute Gasteiger partial charge is 0.223 e. The first-order valence-corrected chi connectivity index (χ1v) is 6.91. The Bertz CT molecular complexity index is 342. The molecule has 0 bridgehead atoms. The van der Waals surface area contributed by atoms with Crippen LogP contribution >= 0.6 is 0 Å². The van der Waals surface area contributed by atoms with Crippen LogP contribution in [0.1, 0.15) is 46.5 Å². The molecule has 1 atom stereocenters. The number of rotatable bonds is 4. The maximum Gasteiger partial charge on any atom is 0.223 e. The predicted molar refractivity (Wildman–Crippen MR) is 69.9 cm³/mol. The maximum absolute atomic E-state index is 11.8. The molecule has 2 amide bonds. The summed E-state index contributed by atoms with van der Waals surface area (Å²) in [6.07, 6.45) is 3.47. The van der Waals surface area contributed by atoms with Crippen LogP contribution in [0.2, 0.25) is 0 Å². The lowest BCUT2D eigenvalue weighted by molar-refractivity contribution is -0.128. The molecule has 1 heterocycles. The van der Waals surface area contributed by atoms with Crippen molar-refractivity contribution in [2.75, 3.05) is 13.1 Å². The largest absolute Gasteiger partial charge is 0.356 e. The molecule has 2 rings (SSSR count). The topological polar surface area (TPSA) is 49.4 Å². The van der Waals surface area contributed by atoms with Crippen molar-refractivity contribution >= 4 is 11.8 Å². The molecule has 0 spiro atoms. The predicted octanol–water partition coefficient (Wildman–Crippen LogP) is 1.55. The number of hydrogen-bond acceptors (Lipinski definition) is 2. The molecule has 1 aliphatic heterocycles. The van der Waals surface area contributed by atoms with E-state index in [0.29, 0.717) is 31.3 Å². The van der Waals surface area contributed by atoms with Gasteiger partial charge in [-0.3, -0.25) is 9.59 Å². The number of likely N-dealkylation sites (tertiary alicyclic amines) is 1. The molecule has 102 valence electrons. The van der Waals surface area contributed by atoms with Gasteiger partial charge in [-0.25, -0.2) is 0 Å². The van der Waals surface area contributed by atoms with Gasteiger partial charge < -0.3 is 10.2 Å². The van der Waals surface area contributed by atoms with Crippen molar-refractivity contribution in [3.63, 3.8) is 0 Å². The molecule has 4 nitrogen and oxygen atoms in total. The molecule has 0 aromatic carbocycles. The van der Waals surface area contributed by atoms with E-state index in [1.54, 1.807) is 0 Å². The molecule has 1 aliphatic carbocycles. The fourth-order valence-electron chi connectivity index (χ4n) is 2.49. The Morgan fingerprint density at radius 3 is 2.61 bits per heavy atom. The first kappa shape index (κ1) is 13.4. The summed E-state index contributed by atoms with van der Waals surface area (Å²) in [6, 6.07) is 0.507. The Balaban J connectivity index is 1.71. The molecule has 1 saturated carbocycles. The van der Waals surface area contributed by atoms with Crippen molar-refractivity contribution in [1.29, 1.82) is 0 Å². The van der Waals surface area contributed by atoms with Crippen LogP contribution in [-0.4, -0.2) is 35.8 Å². The SMILES string of the molecule is CC(C)(C)CC(=O)NCC1CC(=O)N(C2CC2)C1. The van der Waals surface area contributed by atoms with Gasteiger partial charge in [-0.15, -0.1) is 0 Å². The lowest BCUT2D eigenvalue weighted by Gasteiger charge is -2.19. The van der Waals surface area contributed by atoms with Gasteiger partial charge in [-0.2, -0.15) is 0 Å². The van der Waals surface area contributed by atoms with E-state index in [1.165, 1.54) is 0 Å². The van der Waals surface area contributed by atoms with Gasteiger partial charge in [0.25, 0.3) is 0 Å². The average Bonchev–Trinajstić information content (AvgIpc) is 2.98. The molecule has 0 radical (unpaired) electrons.